The number of hydrogen-bond acceptors (Lipinski definition) is 2. The van der Waals surface area contributed by atoms with Gasteiger partial charge in [0.15, 0.2) is 11.6 Å². The lowest BCUT2D eigenvalue weighted by molar-refractivity contribution is 0.382. The van der Waals surface area contributed by atoms with Gasteiger partial charge in [0.25, 0.3) is 0 Å². The third-order valence-electron chi connectivity index (χ3n) is 3.08. The summed E-state index contributed by atoms with van der Waals surface area (Å²) in [6.07, 6.45) is 0. The summed E-state index contributed by atoms with van der Waals surface area (Å²) in [4.78, 5) is 0. The summed E-state index contributed by atoms with van der Waals surface area (Å²) in [6, 6.07) is 10.7. The van der Waals surface area contributed by atoms with Crippen molar-refractivity contribution < 1.29 is 9.13 Å². The lowest BCUT2D eigenvalue weighted by Crippen LogP contribution is -2.19. The lowest BCUT2D eigenvalue weighted by atomic mass is 9.98. The van der Waals surface area contributed by atoms with Crippen molar-refractivity contribution in [3.05, 3.63) is 62.3 Å². The maximum Gasteiger partial charge on any atom is 0.170 e. The Labute approximate surface area is 134 Å². The fraction of sp³-hybridized carbons (Fsp3) is 0.200. The van der Waals surface area contributed by atoms with Crippen molar-refractivity contribution in [1.82, 2.24) is 5.32 Å². The molecule has 0 saturated heterocycles. The molecule has 2 rings (SSSR count). The van der Waals surface area contributed by atoms with Crippen molar-refractivity contribution in [3.8, 4) is 5.75 Å². The molecule has 0 bridgehead atoms. The van der Waals surface area contributed by atoms with Gasteiger partial charge in [-0.05, 0) is 36.9 Å². The molecule has 0 radical (unpaired) electrons. The molecule has 0 amide bonds. The Hall–Kier alpha value is -0.910. The Morgan fingerprint density at radius 3 is 2.55 bits per heavy atom. The van der Waals surface area contributed by atoms with Crippen molar-refractivity contribution in [3.63, 3.8) is 0 Å². The molecule has 2 aromatic carbocycles. The van der Waals surface area contributed by atoms with Crippen LogP contribution >= 0.6 is 31.9 Å². The molecule has 20 heavy (non-hydrogen) atoms. The van der Waals surface area contributed by atoms with Crippen LogP contribution in [0.2, 0.25) is 0 Å². The van der Waals surface area contributed by atoms with Gasteiger partial charge in [0, 0.05) is 14.5 Å². The van der Waals surface area contributed by atoms with E-state index in [1.54, 1.807) is 25.2 Å². The van der Waals surface area contributed by atoms with E-state index in [0.29, 0.717) is 5.56 Å². The summed E-state index contributed by atoms with van der Waals surface area (Å²) in [5, 5.41) is 3.15. The predicted octanol–water partition coefficient (Wildman–Crippen LogP) is 4.67. The highest BCUT2D eigenvalue weighted by molar-refractivity contribution is 9.11. The van der Waals surface area contributed by atoms with Gasteiger partial charge in [0.05, 0.1) is 13.2 Å². The Morgan fingerprint density at radius 2 is 1.90 bits per heavy atom. The molecule has 1 unspecified atom stereocenters. The molecule has 0 fully saturated rings. The van der Waals surface area contributed by atoms with Crippen LogP contribution < -0.4 is 10.1 Å². The molecule has 0 aliphatic carbocycles. The van der Waals surface area contributed by atoms with Crippen LogP contribution in [0.15, 0.2) is 45.3 Å². The van der Waals surface area contributed by atoms with Crippen LogP contribution in [-0.2, 0) is 0 Å². The molecular weight excluding hydrogens is 389 g/mol. The molecule has 1 atom stereocenters. The van der Waals surface area contributed by atoms with E-state index >= 15 is 0 Å². The van der Waals surface area contributed by atoms with Crippen LogP contribution in [0.3, 0.4) is 0 Å². The van der Waals surface area contributed by atoms with Gasteiger partial charge in [0.2, 0.25) is 0 Å². The first-order chi connectivity index (χ1) is 9.58. The smallest absolute Gasteiger partial charge is 0.170 e. The average Bonchev–Trinajstić information content (AvgIpc) is 2.45. The maximum atomic E-state index is 14.4. The van der Waals surface area contributed by atoms with Crippen molar-refractivity contribution in [2.45, 2.75) is 6.04 Å². The summed E-state index contributed by atoms with van der Waals surface area (Å²) in [7, 11) is 3.27. The van der Waals surface area contributed by atoms with Crippen molar-refractivity contribution in [2.24, 2.45) is 0 Å². The Balaban J connectivity index is 2.55. The highest BCUT2D eigenvalue weighted by atomic mass is 79.9. The largest absolute Gasteiger partial charge is 0.494 e. The first kappa shape index (κ1) is 15.5. The summed E-state index contributed by atoms with van der Waals surface area (Å²) in [6.45, 7) is 0. The molecule has 1 N–H and O–H groups in total. The Kier molecular flexibility index (Phi) is 5.18. The first-order valence-electron chi connectivity index (χ1n) is 6.03. The highest BCUT2D eigenvalue weighted by Crippen LogP contribution is 2.34. The molecule has 5 heteroatoms. The zero-order valence-corrected chi connectivity index (χ0v) is 14.3. The molecule has 0 aromatic heterocycles. The van der Waals surface area contributed by atoms with Gasteiger partial charge in [-0.3, -0.25) is 0 Å². The molecule has 0 aliphatic rings. The number of benzene rings is 2. The van der Waals surface area contributed by atoms with E-state index in [-0.39, 0.29) is 17.6 Å². The maximum absolute atomic E-state index is 14.4. The molecule has 2 nitrogen and oxygen atoms in total. The van der Waals surface area contributed by atoms with Gasteiger partial charge in [0.1, 0.15) is 0 Å². The van der Waals surface area contributed by atoms with Gasteiger partial charge < -0.3 is 10.1 Å². The zero-order chi connectivity index (χ0) is 14.7. The minimum atomic E-state index is -0.346. The van der Waals surface area contributed by atoms with Gasteiger partial charge in [-0.25, -0.2) is 4.39 Å². The third-order valence-corrected chi connectivity index (χ3v) is 4.30. The fourth-order valence-corrected chi connectivity index (χ4v) is 2.98. The molecular formula is C15H14Br2FNO. The predicted molar refractivity (Wildman–Crippen MR) is 85.7 cm³/mol. The first-order valence-corrected chi connectivity index (χ1v) is 7.61. The van der Waals surface area contributed by atoms with E-state index < -0.39 is 0 Å². The van der Waals surface area contributed by atoms with Gasteiger partial charge in [-0.2, -0.15) is 0 Å². The molecule has 0 aliphatic heterocycles. The van der Waals surface area contributed by atoms with E-state index in [1.165, 1.54) is 7.11 Å². The Morgan fingerprint density at radius 1 is 1.15 bits per heavy atom. The molecule has 106 valence electrons. The number of hydrogen-bond donors (Lipinski definition) is 1. The number of halogens is 3. The summed E-state index contributed by atoms with van der Waals surface area (Å²) >= 11 is 6.96. The van der Waals surface area contributed by atoms with Crippen molar-refractivity contribution in [1.29, 1.82) is 0 Å². The van der Waals surface area contributed by atoms with Crippen LogP contribution in [0.4, 0.5) is 4.39 Å². The van der Waals surface area contributed by atoms with Crippen LogP contribution in [0, 0.1) is 5.82 Å². The van der Waals surface area contributed by atoms with E-state index in [4.69, 9.17) is 4.74 Å². The zero-order valence-electron chi connectivity index (χ0n) is 11.1. The topological polar surface area (TPSA) is 21.3 Å². The van der Waals surface area contributed by atoms with E-state index in [2.05, 4.69) is 37.2 Å². The van der Waals surface area contributed by atoms with Crippen LogP contribution in [-0.4, -0.2) is 14.2 Å². The quantitative estimate of drug-likeness (QED) is 0.802. The van der Waals surface area contributed by atoms with Gasteiger partial charge in [-0.1, -0.05) is 44.0 Å². The van der Waals surface area contributed by atoms with E-state index in [0.717, 1.165) is 14.5 Å². The van der Waals surface area contributed by atoms with Gasteiger partial charge >= 0.3 is 0 Å². The summed E-state index contributed by atoms with van der Waals surface area (Å²) in [5.41, 5.74) is 1.50. The molecule has 0 heterocycles. The van der Waals surface area contributed by atoms with Crippen LogP contribution in [0.1, 0.15) is 17.2 Å². The van der Waals surface area contributed by atoms with E-state index in [9.17, 15) is 4.39 Å². The number of rotatable bonds is 4. The molecule has 0 saturated carbocycles. The Bertz CT molecular complexity index is 619. The second-order valence-corrected chi connectivity index (χ2v) is 6.02. The second kappa shape index (κ2) is 6.70. The molecule has 0 spiro atoms. The summed E-state index contributed by atoms with van der Waals surface area (Å²) < 4.78 is 21.3. The minimum absolute atomic E-state index is 0.244. The normalized spacial score (nSPS) is 12.2. The number of methoxy groups -OCH3 is 1. The highest BCUT2D eigenvalue weighted by Gasteiger charge is 2.20. The van der Waals surface area contributed by atoms with Crippen molar-refractivity contribution in [2.75, 3.05) is 14.2 Å². The van der Waals surface area contributed by atoms with Crippen molar-refractivity contribution >= 4 is 31.9 Å². The fourth-order valence-electron chi connectivity index (χ4n) is 2.12. The second-order valence-electron chi connectivity index (χ2n) is 4.25. The standard InChI is InChI=1S/C15H14Br2FNO/c1-19-15(11-8-9(16)6-7-12(11)17)10-4-3-5-13(20-2)14(10)18/h3-8,15,19H,1-2H3. The van der Waals surface area contributed by atoms with E-state index in [1.807, 2.05) is 18.2 Å². The SMILES string of the molecule is CNC(c1cc(Br)ccc1Br)c1cccc(OC)c1F. The monoisotopic (exact) mass is 401 g/mol. The molecule has 2 aromatic rings. The minimum Gasteiger partial charge on any atom is -0.494 e. The van der Waals surface area contributed by atoms with Crippen LogP contribution in [0.5, 0.6) is 5.75 Å². The lowest BCUT2D eigenvalue weighted by Gasteiger charge is -2.20. The number of nitrogens with one attached hydrogen (secondary N) is 1. The number of ether oxygens (including phenoxy) is 1. The summed E-state index contributed by atoms with van der Waals surface area (Å²) in [5.74, 6) is -0.102. The van der Waals surface area contributed by atoms with Crippen LogP contribution in [0.25, 0.3) is 0 Å². The van der Waals surface area contributed by atoms with Gasteiger partial charge in [-0.15, -0.1) is 0 Å². The average molecular weight is 403 g/mol. The third kappa shape index (κ3) is 3.05.